The second-order valence-corrected chi connectivity index (χ2v) is 7.75. The summed E-state index contributed by atoms with van der Waals surface area (Å²) >= 11 is 6.55. The van der Waals surface area contributed by atoms with Crippen LogP contribution in [0.5, 0.6) is 11.5 Å². The van der Waals surface area contributed by atoms with E-state index in [-0.39, 0.29) is 29.4 Å². The first-order chi connectivity index (χ1) is 14.6. The van der Waals surface area contributed by atoms with Crippen molar-refractivity contribution in [3.05, 3.63) is 58.6 Å². The number of methoxy groups -OCH3 is 2. The third kappa shape index (κ3) is 6.40. The summed E-state index contributed by atoms with van der Waals surface area (Å²) < 4.78 is 16.3. The summed E-state index contributed by atoms with van der Waals surface area (Å²) in [5.74, 6) is 2.16. The quantitative estimate of drug-likeness (QED) is 0.299. The number of rotatable bonds is 7. The van der Waals surface area contributed by atoms with Gasteiger partial charge in [-0.2, -0.15) is 0 Å². The van der Waals surface area contributed by atoms with Crippen LogP contribution in [0.3, 0.4) is 0 Å². The minimum Gasteiger partial charge on any atom is -0.493 e. The van der Waals surface area contributed by atoms with E-state index in [1.165, 1.54) is 0 Å². The topological polar surface area (TPSA) is 64.1 Å². The fourth-order valence-corrected chi connectivity index (χ4v) is 4.18. The van der Waals surface area contributed by atoms with Gasteiger partial charge in [-0.05, 0) is 42.2 Å². The average Bonchev–Trinajstić information content (AvgIpc) is 2.79. The summed E-state index contributed by atoms with van der Waals surface area (Å²) in [6.07, 6.45) is 1.83. The molecule has 31 heavy (non-hydrogen) atoms. The minimum atomic E-state index is -0.0858. The van der Waals surface area contributed by atoms with Gasteiger partial charge in [0, 0.05) is 43.8 Å². The lowest BCUT2D eigenvalue weighted by Crippen LogP contribution is -2.48. The highest BCUT2D eigenvalue weighted by atomic mass is 127. The van der Waals surface area contributed by atoms with Crippen LogP contribution in [0.2, 0.25) is 5.02 Å². The lowest BCUT2D eigenvalue weighted by Gasteiger charge is -2.38. The van der Waals surface area contributed by atoms with Gasteiger partial charge in [-0.15, -0.1) is 24.0 Å². The summed E-state index contributed by atoms with van der Waals surface area (Å²) in [5, 5.41) is 7.67. The number of guanidine groups is 1. The Morgan fingerprint density at radius 2 is 1.77 bits per heavy atom. The molecule has 2 aromatic rings. The maximum Gasteiger partial charge on any atom is 0.191 e. The Morgan fingerprint density at radius 3 is 2.42 bits per heavy atom. The molecule has 0 spiro atoms. The van der Waals surface area contributed by atoms with Gasteiger partial charge in [-0.1, -0.05) is 35.9 Å². The summed E-state index contributed by atoms with van der Waals surface area (Å²) in [4.78, 5) is 4.39. The highest BCUT2D eigenvalue weighted by molar-refractivity contribution is 14.0. The molecule has 1 aliphatic rings. The predicted octanol–water partition coefficient (Wildman–Crippen LogP) is 4.39. The van der Waals surface area contributed by atoms with Crippen LogP contribution in [0.1, 0.15) is 24.0 Å². The van der Waals surface area contributed by atoms with Crippen molar-refractivity contribution in [2.45, 2.75) is 24.8 Å². The van der Waals surface area contributed by atoms with Crippen LogP contribution in [0.4, 0.5) is 0 Å². The zero-order valence-corrected chi connectivity index (χ0v) is 21.3. The Kier molecular flexibility index (Phi) is 10.2. The van der Waals surface area contributed by atoms with Crippen LogP contribution in [-0.4, -0.2) is 47.0 Å². The Labute approximate surface area is 206 Å². The maximum atomic E-state index is 6.55. The number of halogens is 2. The smallest absolute Gasteiger partial charge is 0.191 e. The van der Waals surface area contributed by atoms with Gasteiger partial charge >= 0.3 is 0 Å². The van der Waals surface area contributed by atoms with Crippen LogP contribution in [0.25, 0.3) is 0 Å². The fraction of sp³-hybridized carbons (Fsp3) is 0.435. The first-order valence-electron chi connectivity index (χ1n) is 10.1. The zero-order valence-electron chi connectivity index (χ0n) is 18.2. The summed E-state index contributed by atoms with van der Waals surface area (Å²) in [6.45, 7) is 2.79. The number of hydrogen-bond donors (Lipinski definition) is 2. The molecule has 1 fully saturated rings. The van der Waals surface area contributed by atoms with Crippen molar-refractivity contribution >= 4 is 41.5 Å². The van der Waals surface area contributed by atoms with E-state index in [1.807, 2.05) is 36.4 Å². The molecule has 170 valence electrons. The van der Waals surface area contributed by atoms with Gasteiger partial charge < -0.3 is 24.8 Å². The van der Waals surface area contributed by atoms with Crippen molar-refractivity contribution in [1.82, 2.24) is 10.6 Å². The summed E-state index contributed by atoms with van der Waals surface area (Å²) in [5.41, 5.74) is 2.15. The summed E-state index contributed by atoms with van der Waals surface area (Å²) in [6, 6.07) is 14.0. The Balaban J connectivity index is 0.00000341. The molecular weight excluding hydrogens is 529 g/mol. The first-order valence-corrected chi connectivity index (χ1v) is 10.5. The molecule has 0 bridgehead atoms. The number of nitrogens with one attached hydrogen (secondary N) is 2. The molecule has 3 rings (SSSR count). The molecule has 1 heterocycles. The van der Waals surface area contributed by atoms with Gasteiger partial charge in [0.2, 0.25) is 0 Å². The van der Waals surface area contributed by atoms with Crippen molar-refractivity contribution in [3.63, 3.8) is 0 Å². The number of nitrogens with zero attached hydrogens (tertiary/aromatic N) is 1. The lowest BCUT2D eigenvalue weighted by molar-refractivity contribution is 0.0514. The standard InChI is InChI=1S/C23H30ClN3O3.HI/c1-25-22(26-15-17-8-9-20(28-2)21(14-17)29-3)27-16-23(10-12-30-13-11-23)18-6-4-5-7-19(18)24;/h4-9,14H,10-13,15-16H2,1-3H3,(H2,25,26,27);1H. The monoisotopic (exact) mass is 559 g/mol. The van der Waals surface area contributed by atoms with Crippen LogP contribution >= 0.6 is 35.6 Å². The largest absolute Gasteiger partial charge is 0.493 e. The van der Waals surface area contributed by atoms with Crippen LogP contribution in [-0.2, 0) is 16.7 Å². The van der Waals surface area contributed by atoms with Gasteiger partial charge in [-0.3, -0.25) is 4.99 Å². The van der Waals surface area contributed by atoms with Crippen LogP contribution < -0.4 is 20.1 Å². The van der Waals surface area contributed by atoms with Crippen molar-refractivity contribution in [3.8, 4) is 11.5 Å². The molecule has 2 aromatic carbocycles. The molecule has 1 saturated heterocycles. The number of hydrogen-bond acceptors (Lipinski definition) is 4. The molecular formula is C23H31ClIN3O3. The van der Waals surface area contributed by atoms with E-state index < -0.39 is 0 Å². The molecule has 8 heteroatoms. The van der Waals surface area contributed by atoms with Gasteiger partial charge in [-0.25, -0.2) is 0 Å². The molecule has 0 aliphatic carbocycles. The van der Waals surface area contributed by atoms with E-state index in [0.29, 0.717) is 18.0 Å². The highest BCUT2D eigenvalue weighted by Gasteiger charge is 2.36. The Morgan fingerprint density at radius 1 is 1.06 bits per heavy atom. The van der Waals surface area contributed by atoms with E-state index in [9.17, 15) is 0 Å². The van der Waals surface area contributed by atoms with Crippen molar-refractivity contribution in [2.24, 2.45) is 4.99 Å². The molecule has 6 nitrogen and oxygen atoms in total. The molecule has 0 atom stereocenters. The van der Waals surface area contributed by atoms with Crippen molar-refractivity contribution < 1.29 is 14.2 Å². The van der Waals surface area contributed by atoms with E-state index in [0.717, 1.165) is 54.7 Å². The molecule has 0 amide bonds. The zero-order chi connectivity index (χ0) is 21.4. The lowest BCUT2D eigenvalue weighted by atomic mass is 9.74. The van der Waals surface area contributed by atoms with Gasteiger partial charge in [0.1, 0.15) is 0 Å². The second-order valence-electron chi connectivity index (χ2n) is 7.34. The predicted molar refractivity (Wildman–Crippen MR) is 136 cm³/mol. The van der Waals surface area contributed by atoms with Gasteiger partial charge in [0.15, 0.2) is 17.5 Å². The maximum absolute atomic E-state index is 6.55. The van der Waals surface area contributed by atoms with E-state index in [1.54, 1.807) is 21.3 Å². The average molecular weight is 560 g/mol. The minimum absolute atomic E-state index is 0. The molecule has 0 saturated carbocycles. The van der Waals surface area contributed by atoms with Gasteiger partial charge in [0.25, 0.3) is 0 Å². The fourth-order valence-electron chi connectivity index (χ4n) is 3.84. The summed E-state index contributed by atoms with van der Waals surface area (Å²) in [7, 11) is 5.04. The SMILES string of the molecule is CN=C(NCc1ccc(OC)c(OC)c1)NCC1(c2ccccc2Cl)CCOCC1.I. The van der Waals surface area contributed by atoms with E-state index >= 15 is 0 Å². The normalized spacial score (nSPS) is 15.5. The van der Waals surface area contributed by atoms with E-state index in [2.05, 4.69) is 21.7 Å². The third-order valence-corrected chi connectivity index (χ3v) is 5.95. The number of ether oxygens (including phenoxy) is 3. The molecule has 0 radical (unpaired) electrons. The van der Waals surface area contributed by atoms with Crippen LogP contribution in [0, 0.1) is 0 Å². The number of benzene rings is 2. The highest BCUT2D eigenvalue weighted by Crippen LogP contribution is 2.38. The van der Waals surface area contributed by atoms with Crippen molar-refractivity contribution in [2.75, 3.05) is 41.0 Å². The first kappa shape index (κ1) is 25.5. The van der Waals surface area contributed by atoms with Gasteiger partial charge in [0.05, 0.1) is 14.2 Å². The second kappa shape index (κ2) is 12.4. The van der Waals surface area contributed by atoms with Crippen LogP contribution in [0.15, 0.2) is 47.5 Å². The molecule has 2 N–H and O–H groups in total. The molecule has 0 aromatic heterocycles. The molecule has 1 aliphatic heterocycles. The number of aliphatic imine (C=N–C) groups is 1. The third-order valence-electron chi connectivity index (χ3n) is 5.62. The van der Waals surface area contributed by atoms with E-state index in [4.69, 9.17) is 25.8 Å². The Bertz CT molecular complexity index is 873. The molecule has 0 unspecified atom stereocenters. The Hall–Kier alpha value is -1.71. The van der Waals surface area contributed by atoms with Crippen molar-refractivity contribution in [1.29, 1.82) is 0 Å².